The number of nitriles is 1. The molecule has 0 atom stereocenters. The van der Waals surface area contributed by atoms with Crippen molar-refractivity contribution in [1.82, 2.24) is 4.98 Å². The first kappa shape index (κ1) is 11.0. The van der Waals surface area contributed by atoms with E-state index in [9.17, 15) is 4.79 Å². The minimum absolute atomic E-state index is 0.0380. The second kappa shape index (κ2) is 4.96. The summed E-state index contributed by atoms with van der Waals surface area (Å²) in [6.07, 6.45) is 3.13. The first-order valence-corrected chi connectivity index (χ1v) is 4.42. The molecule has 0 aliphatic carbocycles. The van der Waals surface area contributed by atoms with Gasteiger partial charge in [-0.05, 0) is 6.07 Å². The van der Waals surface area contributed by atoms with Gasteiger partial charge in [-0.15, -0.1) is 0 Å². The van der Waals surface area contributed by atoms with Gasteiger partial charge in [0.2, 0.25) is 0 Å². The first-order valence-electron chi connectivity index (χ1n) is 4.42. The maximum absolute atomic E-state index is 10.4. The Bertz CT molecular complexity index is 398. The fraction of sp³-hybridized carbons (Fsp3) is 0.300. The van der Waals surface area contributed by atoms with E-state index in [-0.39, 0.29) is 6.42 Å². The van der Waals surface area contributed by atoms with Gasteiger partial charge < -0.3 is 10.0 Å². The zero-order valence-electron chi connectivity index (χ0n) is 8.34. The number of aliphatic carboxylic acids is 1. The first-order chi connectivity index (χ1) is 7.15. The maximum atomic E-state index is 10.4. The minimum Gasteiger partial charge on any atom is -0.481 e. The fourth-order valence-corrected chi connectivity index (χ4v) is 1.17. The normalized spacial score (nSPS) is 9.33. The number of rotatable bonds is 4. The quantitative estimate of drug-likeness (QED) is 0.788. The van der Waals surface area contributed by atoms with Gasteiger partial charge in [0.25, 0.3) is 0 Å². The average molecular weight is 205 g/mol. The summed E-state index contributed by atoms with van der Waals surface area (Å²) in [5, 5.41) is 17.4. The number of carboxylic acid groups (broad SMARTS) is 1. The number of carboxylic acids is 1. The van der Waals surface area contributed by atoms with Crippen LogP contribution in [0.4, 0.5) is 5.69 Å². The molecule has 0 radical (unpaired) electrons. The Kier molecular flexibility index (Phi) is 3.63. The Balaban J connectivity index is 2.77. The van der Waals surface area contributed by atoms with E-state index in [0.717, 1.165) is 0 Å². The molecule has 0 aliphatic heterocycles. The van der Waals surface area contributed by atoms with Crippen LogP contribution in [0.5, 0.6) is 0 Å². The van der Waals surface area contributed by atoms with Gasteiger partial charge in [0.1, 0.15) is 6.07 Å². The lowest BCUT2D eigenvalue weighted by Gasteiger charge is -2.18. The monoisotopic (exact) mass is 205 g/mol. The van der Waals surface area contributed by atoms with Crippen molar-refractivity contribution in [3.05, 3.63) is 24.0 Å². The number of nitrogens with zero attached hydrogens (tertiary/aromatic N) is 3. The molecule has 15 heavy (non-hydrogen) atoms. The Labute approximate surface area is 87.6 Å². The van der Waals surface area contributed by atoms with E-state index in [1.807, 2.05) is 6.07 Å². The van der Waals surface area contributed by atoms with Crippen molar-refractivity contribution in [2.75, 3.05) is 18.5 Å². The molecule has 1 heterocycles. The van der Waals surface area contributed by atoms with Crippen molar-refractivity contribution >= 4 is 11.7 Å². The molecular formula is C10H11N3O2. The van der Waals surface area contributed by atoms with E-state index in [4.69, 9.17) is 10.4 Å². The van der Waals surface area contributed by atoms with Gasteiger partial charge in [0.15, 0.2) is 0 Å². The summed E-state index contributed by atoms with van der Waals surface area (Å²) in [7, 11) is 1.74. The Morgan fingerprint density at radius 2 is 2.47 bits per heavy atom. The molecule has 5 nitrogen and oxygen atoms in total. The summed E-state index contributed by atoms with van der Waals surface area (Å²) < 4.78 is 0. The topological polar surface area (TPSA) is 77.2 Å². The third kappa shape index (κ3) is 2.95. The van der Waals surface area contributed by atoms with E-state index >= 15 is 0 Å². The molecule has 78 valence electrons. The van der Waals surface area contributed by atoms with Gasteiger partial charge in [-0.2, -0.15) is 5.26 Å². The molecule has 0 aliphatic rings. The highest BCUT2D eigenvalue weighted by molar-refractivity contribution is 5.68. The van der Waals surface area contributed by atoms with Crippen LogP contribution in [0.3, 0.4) is 0 Å². The van der Waals surface area contributed by atoms with Crippen LogP contribution in [0.15, 0.2) is 18.5 Å². The van der Waals surface area contributed by atoms with E-state index in [1.165, 1.54) is 6.20 Å². The molecular weight excluding hydrogens is 194 g/mol. The van der Waals surface area contributed by atoms with Crippen molar-refractivity contribution in [3.63, 3.8) is 0 Å². The third-order valence-electron chi connectivity index (χ3n) is 1.99. The van der Waals surface area contributed by atoms with Crippen molar-refractivity contribution in [3.8, 4) is 6.07 Å². The average Bonchev–Trinajstić information content (AvgIpc) is 2.25. The van der Waals surface area contributed by atoms with E-state index in [2.05, 4.69) is 4.98 Å². The Morgan fingerprint density at radius 3 is 3.07 bits per heavy atom. The van der Waals surface area contributed by atoms with Crippen molar-refractivity contribution < 1.29 is 9.90 Å². The van der Waals surface area contributed by atoms with Crippen LogP contribution in [0, 0.1) is 11.3 Å². The molecule has 0 unspecified atom stereocenters. The summed E-state index contributed by atoms with van der Waals surface area (Å²) in [5.74, 6) is -0.857. The second-order valence-corrected chi connectivity index (χ2v) is 3.07. The lowest BCUT2D eigenvalue weighted by molar-refractivity contribution is -0.136. The highest BCUT2D eigenvalue weighted by Crippen LogP contribution is 2.16. The molecule has 0 saturated heterocycles. The van der Waals surface area contributed by atoms with Crippen LogP contribution in [0.1, 0.15) is 12.0 Å². The number of hydrogen-bond acceptors (Lipinski definition) is 4. The third-order valence-corrected chi connectivity index (χ3v) is 1.99. The Hall–Kier alpha value is -2.09. The predicted molar refractivity (Wildman–Crippen MR) is 54.5 cm³/mol. The maximum Gasteiger partial charge on any atom is 0.305 e. The summed E-state index contributed by atoms with van der Waals surface area (Å²) in [4.78, 5) is 16.0. The second-order valence-electron chi connectivity index (χ2n) is 3.07. The standard InChI is InChI=1S/C10H11N3O2/c1-13(5-3-10(14)15)9-7-12-4-2-8(9)6-11/h2,4,7H,3,5H2,1H3,(H,14,15). The highest BCUT2D eigenvalue weighted by Gasteiger charge is 2.08. The molecule has 0 aromatic carbocycles. The van der Waals surface area contributed by atoms with Crippen molar-refractivity contribution in [2.24, 2.45) is 0 Å². The number of aromatic nitrogens is 1. The molecule has 0 fully saturated rings. The van der Waals surface area contributed by atoms with Crippen LogP contribution in [0.25, 0.3) is 0 Å². The molecule has 5 heteroatoms. The van der Waals surface area contributed by atoms with Gasteiger partial charge in [-0.25, -0.2) is 0 Å². The summed E-state index contributed by atoms with van der Waals surface area (Å²) in [5.41, 5.74) is 1.15. The summed E-state index contributed by atoms with van der Waals surface area (Å²) in [6.45, 7) is 0.357. The van der Waals surface area contributed by atoms with Gasteiger partial charge in [-0.3, -0.25) is 9.78 Å². The van der Waals surface area contributed by atoms with Gasteiger partial charge in [0, 0.05) is 19.8 Å². The van der Waals surface area contributed by atoms with Crippen molar-refractivity contribution in [1.29, 1.82) is 5.26 Å². The molecule has 0 amide bonds. The lowest BCUT2D eigenvalue weighted by atomic mass is 10.2. The molecule has 1 N–H and O–H groups in total. The predicted octanol–water partition coefficient (Wildman–Crippen LogP) is 0.864. The summed E-state index contributed by atoms with van der Waals surface area (Å²) >= 11 is 0. The summed E-state index contributed by atoms with van der Waals surface area (Å²) in [6, 6.07) is 3.64. The molecule has 0 saturated carbocycles. The van der Waals surface area contributed by atoms with E-state index < -0.39 is 5.97 Å². The molecule has 1 aromatic heterocycles. The smallest absolute Gasteiger partial charge is 0.305 e. The Morgan fingerprint density at radius 1 is 1.73 bits per heavy atom. The van der Waals surface area contributed by atoms with Gasteiger partial charge in [-0.1, -0.05) is 0 Å². The minimum atomic E-state index is -0.857. The van der Waals surface area contributed by atoms with E-state index in [1.54, 1.807) is 24.2 Å². The SMILES string of the molecule is CN(CCC(=O)O)c1cnccc1C#N. The van der Waals surface area contributed by atoms with Crippen LogP contribution >= 0.6 is 0 Å². The van der Waals surface area contributed by atoms with Crippen LogP contribution < -0.4 is 4.90 Å². The van der Waals surface area contributed by atoms with E-state index in [0.29, 0.717) is 17.8 Å². The largest absolute Gasteiger partial charge is 0.481 e. The molecule has 1 aromatic rings. The van der Waals surface area contributed by atoms with Crippen LogP contribution in [0.2, 0.25) is 0 Å². The number of hydrogen-bond donors (Lipinski definition) is 1. The molecule has 0 spiro atoms. The van der Waals surface area contributed by atoms with Crippen molar-refractivity contribution in [2.45, 2.75) is 6.42 Å². The van der Waals surface area contributed by atoms with Gasteiger partial charge in [0.05, 0.1) is 23.9 Å². The van der Waals surface area contributed by atoms with Gasteiger partial charge >= 0.3 is 5.97 Å². The van der Waals surface area contributed by atoms with Crippen LogP contribution in [-0.2, 0) is 4.79 Å². The highest BCUT2D eigenvalue weighted by atomic mass is 16.4. The molecule has 0 bridgehead atoms. The zero-order valence-corrected chi connectivity index (χ0v) is 8.34. The van der Waals surface area contributed by atoms with Crippen LogP contribution in [-0.4, -0.2) is 29.7 Å². The fourth-order valence-electron chi connectivity index (χ4n) is 1.17. The lowest BCUT2D eigenvalue weighted by Crippen LogP contribution is -2.21. The number of anilines is 1. The zero-order chi connectivity index (χ0) is 11.3. The number of carbonyl (C=O) groups is 1. The molecule has 1 rings (SSSR count). The number of pyridine rings is 1.